The molecule has 0 aliphatic carbocycles. The van der Waals surface area contributed by atoms with Crippen molar-refractivity contribution < 1.29 is 18.0 Å². The van der Waals surface area contributed by atoms with Crippen molar-refractivity contribution >= 4 is 38.9 Å². The minimum atomic E-state index is -3.41. The molecule has 26 heavy (non-hydrogen) atoms. The minimum absolute atomic E-state index is 0.173. The highest BCUT2D eigenvalue weighted by Gasteiger charge is 2.43. The van der Waals surface area contributed by atoms with Crippen LogP contribution in [0.25, 0.3) is 10.4 Å². The molecule has 2 aliphatic rings. The van der Waals surface area contributed by atoms with Crippen LogP contribution in [0.1, 0.15) is 16.8 Å². The largest absolute Gasteiger partial charge is 0.325 e. The van der Waals surface area contributed by atoms with Gasteiger partial charge in [-0.3, -0.25) is 9.59 Å². The zero-order valence-corrected chi connectivity index (χ0v) is 15.6. The third kappa shape index (κ3) is 3.13. The van der Waals surface area contributed by atoms with Crippen LogP contribution in [-0.4, -0.2) is 50.0 Å². The minimum Gasteiger partial charge on any atom is -0.325 e. The van der Waals surface area contributed by atoms with Crippen molar-refractivity contribution in [1.29, 1.82) is 0 Å². The molecule has 2 atom stereocenters. The van der Waals surface area contributed by atoms with E-state index in [1.54, 1.807) is 23.5 Å². The molecule has 3 heterocycles. The fourth-order valence-electron chi connectivity index (χ4n) is 3.49. The summed E-state index contributed by atoms with van der Waals surface area (Å²) in [5, 5.41) is 4.77. The van der Waals surface area contributed by atoms with Crippen LogP contribution in [0, 0.1) is 0 Å². The van der Waals surface area contributed by atoms with Crippen molar-refractivity contribution in [2.24, 2.45) is 0 Å². The van der Waals surface area contributed by atoms with Crippen molar-refractivity contribution in [1.82, 2.24) is 9.62 Å². The molecule has 0 saturated carbocycles. The summed E-state index contributed by atoms with van der Waals surface area (Å²) in [5.74, 6) is -0.557. The summed E-state index contributed by atoms with van der Waals surface area (Å²) in [6.45, 7) is 0.173. The molecule has 1 saturated heterocycles. The molecule has 2 aliphatic heterocycles. The molecular formula is C17H17N3O4S2. The number of fused-ring (bicyclic) bond motifs is 2. The Balaban J connectivity index is 1.69. The molecule has 2 aromatic rings. The van der Waals surface area contributed by atoms with Gasteiger partial charge in [0.25, 0.3) is 5.91 Å². The van der Waals surface area contributed by atoms with Crippen molar-refractivity contribution in [3.8, 4) is 10.4 Å². The maximum Gasteiger partial charge on any atom is 0.256 e. The summed E-state index contributed by atoms with van der Waals surface area (Å²) in [6.07, 6.45) is 1.33. The second-order valence-corrected chi connectivity index (χ2v) is 9.25. The zero-order chi connectivity index (χ0) is 18.5. The van der Waals surface area contributed by atoms with Gasteiger partial charge in [-0.15, -0.1) is 11.3 Å². The Morgan fingerprint density at radius 1 is 1.27 bits per heavy atom. The third-order valence-corrected chi connectivity index (χ3v) is 6.24. The summed E-state index contributed by atoms with van der Waals surface area (Å²) in [4.78, 5) is 28.1. The molecule has 1 aromatic carbocycles. The quantitative estimate of drug-likeness (QED) is 0.829. The fourth-order valence-corrected chi connectivity index (χ4v) is 4.99. The number of carbonyl (C=O) groups is 2. The molecule has 0 bridgehead atoms. The Hall–Kier alpha value is -2.23. The van der Waals surface area contributed by atoms with Gasteiger partial charge in [-0.25, -0.2) is 13.1 Å². The summed E-state index contributed by atoms with van der Waals surface area (Å²) in [5.41, 5.74) is 1.82. The lowest BCUT2D eigenvalue weighted by molar-refractivity contribution is -0.119. The van der Waals surface area contributed by atoms with E-state index in [-0.39, 0.29) is 24.8 Å². The van der Waals surface area contributed by atoms with E-state index >= 15 is 0 Å². The van der Waals surface area contributed by atoms with Crippen LogP contribution in [-0.2, 0) is 14.8 Å². The lowest BCUT2D eigenvalue weighted by atomic mass is 10.1. The van der Waals surface area contributed by atoms with Gasteiger partial charge >= 0.3 is 0 Å². The van der Waals surface area contributed by atoms with Crippen LogP contribution in [0.4, 0.5) is 5.69 Å². The second kappa shape index (κ2) is 6.19. The highest BCUT2D eigenvalue weighted by atomic mass is 32.2. The average Bonchev–Trinajstić information content (AvgIpc) is 3.21. The molecule has 0 spiro atoms. The average molecular weight is 391 g/mol. The van der Waals surface area contributed by atoms with E-state index in [1.807, 2.05) is 23.6 Å². The zero-order valence-electron chi connectivity index (χ0n) is 13.9. The molecule has 7 nitrogen and oxygen atoms in total. The monoisotopic (exact) mass is 391 g/mol. The van der Waals surface area contributed by atoms with E-state index in [0.29, 0.717) is 11.3 Å². The van der Waals surface area contributed by atoms with Gasteiger partial charge in [0, 0.05) is 17.5 Å². The van der Waals surface area contributed by atoms with Crippen LogP contribution in [0.3, 0.4) is 0 Å². The Bertz CT molecular complexity index is 985. The standard InChI is InChI=1S/C17H17N3O4S2/c1-26(23,24)19-11-8-14-16(21)18-13-5-4-10(15-3-2-6-25-15)7-12(13)17(22)20(14)9-11/h2-7,11,14,19H,8-9H2,1H3,(H,18,21)/t11-,14-/m1/s1. The number of nitrogens with zero attached hydrogens (tertiary/aromatic N) is 1. The van der Waals surface area contributed by atoms with Gasteiger partial charge in [0.15, 0.2) is 0 Å². The first-order valence-electron chi connectivity index (χ1n) is 8.09. The van der Waals surface area contributed by atoms with Crippen LogP contribution >= 0.6 is 11.3 Å². The Kier molecular flexibility index (Phi) is 4.09. The molecule has 0 radical (unpaired) electrons. The van der Waals surface area contributed by atoms with Gasteiger partial charge in [-0.2, -0.15) is 0 Å². The number of amides is 2. The number of rotatable bonds is 3. The summed E-state index contributed by atoms with van der Waals surface area (Å²) < 4.78 is 25.5. The van der Waals surface area contributed by atoms with Crippen LogP contribution in [0.5, 0.6) is 0 Å². The van der Waals surface area contributed by atoms with Crippen molar-refractivity contribution in [2.75, 3.05) is 18.1 Å². The predicted molar refractivity (Wildman–Crippen MR) is 99.6 cm³/mol. The molecule has 2 amide bonds. The Morgan fingerprint density at radius 3 is 2.77 bits per heavy atom. The highest BCUT2D eigenvalue weighted by molar-refractivity contribution is 7.88. The maximum absolute atomic E-state index is 13.1. The molecule has 9 heteroatoms. The number of nitrogens with one attached hydrogen (secondary N) is 2. The van der Waals surface area contributed by atoms with Crippen LogP contribution in [0.2, 0.25) is 0 Å². The SMILES string of the molecule is CS(=O)(=O)N[C@@H]1C[C@@H]2C(=O)Nc3ccc(-c4cccs4)cc3C(=O)N2C1. The molecule has 2 N–H and O–H groups in total. The smallest absolute Gasteiger partial charge is 0.256 e. The summed E-state index contributed by atoms with van der Waals surface area (Å²) >= 11 is 1.57. The molecule has 136 valence electrons. The Labute approximate surface area is 155 Å². The first-order chi connectivity index (χ1) is 12.3. The maximum atomic E-state index is 13.1. The van der Waals surface area contributed by atoms with Gasteiger partial charge in [0.2, 0.25) is 15.9 Å². The van der Waals surface area contributed by atoms with Crippen molar-refractivity contribution in [3.63, 3.8) is 0 Å². The van der Waals surface area contributed by atoms with Gasteiger partial charge in [0.1, 0.15) is 6.04 Å². The third-order valence-electron chi connectivity index (χ3n) is 4.56. The second-order valence-electron chi connectivity index (χ2n) is 6.52. The van der Waals surface area contributed by atoms with Crippen molar-refractivity contribution in [2.45, 2.75) is 18.5 Å². The van der Waals surface area contributed by atoms with Gasteiger partial charge < -0.3 is 10.2 Å². The molecule has 1 fully saturated rings. The fraction of sp³-hybridized carbons (Fsp3) is 0.294. The first-order valence-corrected chi connectivity index (χ1v) is 10.9. The number of benzene rings is 1. The van der Waals surface area contributed by atoms with E-state index in [2.05, 4.69) is 10.0 Å². The Morgan fingerprint density at radius 2 is 2.08 bits per heavy atom. The summed E-state index contributed by atoms with van der Waals surface area (Å²) in [7, 11) is -3.41. The van der Waals surface area contributed by atoms with E-state index in [4.69, 9.17) is 0 Å². The number of hydrogen-bond donors (Lipinski definition) is 2. The van der Waals surface area contributed by atoms with Gasteiger partial charge in [-0.1, -0.05) is 12.1 Å². The topological polar surface area (TPSA) is 95.6 Å². The lowest BCUT2D eigenvalue weighted by Gasteiger charge is -2.20. The van der Waals surface area contributed by atoms with E-state index in [9.17, 15) is 18.0 Å². The number of anilines is 1. The van der Waals surface area contributed by atoms with Crippen molar-refractivity contribution in [3.05, 3.63) is 41.3 Å². The van der Waals surface area contributed by atoms with E-state index in [1.165, 1.54) is 4.90 Å². The van der Waals surface area contributed by atoms with Crippen LogP contribution < -0.4 is 10.0 Å². The first kappa shape index (κ1) is 17.2. The highest BCUT2D eigenvalue weighted by Crippen LogP contribution is 2.33. The van der Waals surface area contributed by atoms with Gasteiger partial charge in [0.05, 0.1) is 17.5 Å². The molecular weight excluding hydrogens is 374 g/mol. The van der Waals surface area contributed by atoms with Gasteiger partial charge in [-0.05, 0) is 35.6 Å². The predicted octanol–water partition coefficient (Wildman–Crippen LogP) is 1.50. The molecule has 4 rings (SSSR count). The lowest BCUT2D eigenvalue weighted by Crippen LogP contribution is -2.41. The number of sulfonamides is 1. The molecule has 0 unspecified atom stereocenters. The number of thiophene rings is 1. The van der Waals surface area contributed by atoms with Crippen LogP contribution in [0.15, 0.2) is 35.7 Å². The normalized spacial score (nSPS) is 22.6. The number of carbonyl (C=O) groups excluding carboxylic acids is 2. The molecule has 1 aromatic heterocycles. The summed E-state index contributed by atoms with van der Waals surface area (Å²) in [6, 6.07) is 8.16. The van der Waals surface area contributed by atoms with E-state index < -0.39 is 22.1 Å². The number of hydrogen-bond acceptors (Lipinski definition) is 5. The van der Waals surface area contributed by atoms with E-state index in [0.717, 1.165) is 16.7 Å².